The van der Waals surface area contributed by atoms with E-state index in [0.717, 1.165) is 29.8 Å². The van der Waals surface area contributed by atoms with E-state index in [4.69, 9.17) is 9.47 Å². The number of nitrogens with one attached hydrogen (secondary N) is 1. The molecule has 6 heteroatoms. The average Bonchev–Trinajstić information content (AvgIpc) is 3.24. The molecule has 1 fully saturated rings. The van der Waals surface area contributed by atoms with Crippen molar-refractivity contribution in [3.05, 3.63) is 41.2 Å². The molecule has 134 valence electrons. The molecule has 1 aromatic heterocycles. The van der Waals surface area contributed by atoms with Gasteiger partial charge in [0.2, 0.25) is 0 Å². The van der Waals surface area contributed by atoms with Crippen molar-refractivity contribution in [2.45, 2.75) is 45.3 Å². The summed E-state index contributed by atoms with van der Waals surface area (Å²) in [4.78, 5) is 12.3. The minimum absolute atomic E-state index is 0.196. The van der Waals surface area contributed by atoms with Crippen LogP contribution in [-0.4, -0.2) is 28.9 Å². The van der Waals surface area contributed by atoms with E-state index in [-0.39, 0.29) is 12.0 Å². The molecule has 0 aliphatic heterocycles. The van der Waals surface area contributed by atoms with Crippen LogP contribution in [0.3, 0.4) is 0 Å². The molecular formula is C19H25N3O3. The SMILES string of the molecule is COc1cccc(CNC(=O)c2cc(C)n(C)n2)c1OC1CCCC1. The zero-order chi connectivity index (χ0) is 17.8. The highest BCUT2D eigenvalue weighted by molar-refractivity contribution is 5.92. The molecule has 6 nitrogen and oxygen atoms in total. The predicted molar refractivity (Wildman–Crippen MR) is 95.0 cm³/mol. The summed E-state index contributed by atoms with van der Waals surface area (Å²) in [6.07, 6.45) is 4.76. The zero-order valence-corrected chi connectivity index (χ0v) is 15.0. The van der Waals surface area contributed by atoms with Gasteiger partial charge in [-0.25, -0.2) is 0 Å². The van der Waals surface area contributed by atoms with E-state index < -0.39 is 0 Å². The maximum absolute atomic E-state index is 12.3. The first-order valence-electron chi connectivity index (χ1n) is 8.70. The van der Waals surface area contributed by atoms with Crippen molar-refractivity contribution in [1.29, 1.82) is 0 Å². The number of hydrogen-bond donors (Lipinski definition) is 1. The Kier molecular flexibility index (Phi) is 5.26. The van der Waals surface area contributed by atoms with Crippen molar-refractivity contribution in [2.75, 3.05) is 7.11 Å². The lowest BCUT2D eigenvalue weighted by Crippen LogP contribution is -2.24. The van der Waals surface area contributed by atoms with Crippen LogP contribution in [0.1, 0.15) is 47.4 Å². The molecule has 25 heavy (non-hydrogen) atoms. The second-order valence-electron chi connectivity index (χ2n) is 6.45. The Morgan fingerprint density at radius 3 is 2.76 bits per heavy atom. The number of hydrogen-bond acceptors (Lipinski definition) is 4. The van der Waals surface area contributed by atoms with Gasteiger partial charge < -0.3 is 14.8 Å². The van der Waals surface area contributed by atoms with Crippen LogP contribution in [0.15, 0.2) is 24.3 Å². The minimum Gasteiger partial charge on any atom is -0.493 e. The second-order valence-corrected chi connectivity index (χ2v) is 6.45. The number of methoxy groups -OCH3 is 1. The number of para-hydroxylation sites is 1. The fourth-order valence-electron chi connectivity index (χ4n) is 3.11. The maximum atomic E-state index is 12.3. The molecule has 3 rings (SSSR count). The van der Waals surface area contributed by atoms with Crippen molar-refractivity contribution in [1.82, 2.24) is 15.1 Å². The van der Waals surface area contributed by atoms with Gasteiger partial charge >= 0.3 is 0 Å². The zero-order valence-electron chi connectivity index (χ0n) is 15.0. The van der Waals surface area contributed by atoms with Gasteiger partial charge in [0, 0.05) is 24.8 Å². The summed E-state index contributed by atoms with van der Waals surface area (Å²) in [6.45, 7) is 2.28. The lowest BCUT2D eigenvalue weighted by molar-refractivity contribution is 0.0944. The molecule has 1 N–H and O–H groups in total. The molecule has 0 unspecified atom stereocenters. The Hall–Kier alpha value is -2.50. The summed E-state index contributed by atoms with van der Waals surface area (Å²) in [5.41, 5.74) is 2.27. The van der Waals surface area contributed by atoms with E-state index in [2.05, 4.69) is 10.4 Å². The van der Waals surface area contributed by atoms with Gasteiger partial charge in [-0.15, -0.1) is 0 Å². The first-order valence-corrected chi connectivity index (χ1v) is 8.70. The summed E-state index contributed by atoms with van der Waals surface area (Å²) in [5, 5.41) is 7.13. The van der Waals surface area contributed by atoms with E-state index in [1.54, 1.807) is 17.9 Å². The highest BCUT2D eigenvalue weighted by atomic mass is 16.5. The van der Waals surface area contributed by atoms with Crippen molar-refractivity contribution in [3.8, 4) is 11.5 Å². The normalized spacial score (nSPS) is 14.5. The molecule has 1 aromatic carbocycles. The average molecular weight is 343 g/mol. The molecule has 1 amide bonds. The molecule has 2 aromatic rings. The van der Waals surface area contributed by atoms with E-state index >= 15 is 0 Å². The Labute approximate surface area is 148 Å². The Morgan fingerprint density at radius 2 is 2.12 bits per heavy atom. The van der Waals surface area contributed by atoms with Crippen molar-refractivity contribution in [2.24, 2.45) is 7.05 Å². The van der Waals surface area contributed by atoms with Gasteiger partial charge in [0.05, 0.1) is 13.2 Å². The van der Waals surface area contributed by atoms with Crippen LogP contribution < -0.4 is 14.8 Å². The maximum Gasteiger partial charge on any atom is 0.272 e. The largest absolute Gasteiger partial charge is 0.493 e. The number of amides is 1. The number of aromatic nitrogens is 2. The van der Waals surface area contributed by atoms with Crippen LogP contribution in [-0.2, 0) is 13.6 Å². The topological polar surface area (TPSA) is 65.4 Å². The first-order chi connectivity index (χ1) is 12.1. The van der Waals surface area contributed by atoms with Gasteiger partial charge in [-0.2, -0.15) is 5.10 Å². The van der Waals surface area contributed by atoms with E-state index in [1.807, 2.05) is 32.2 Å². The molecular weight excluding hydrogens is 318 g/mol. The Morgan fingerprint density at radius 1 is 1.36 bits per heavy atom. The minimum atomic E-state index is -0.196. The fraction of sp³-hybridized carbons (Fsp3) is 0.474. The highest BCUT2D eigenvalue weighted by Crippen LogP contribution is 2.34. The molecule has 0 bridgehead atoms. The summed E-state index contributed by atoms with van der Waals surface area (Å²) in [7, 11) is 3.46. The van der Waals surface area contributed by atoms with Crippen LogP contribution in [0.25, 0.3) is 0 Å². The summed E-state index contributed by atoms with van der Waals surface area (Å²) < 4.78 is 13.3. The molecule has 0 saturated heterocycles. The summed E-state index contributed by atoms with van der Waals surface area (Å²) in [5.74, 6) is 1.24. The van der Waals surface area contributed by atoms with Crippen molar-refractivity contribution >= 4 is 5.91 Å². The van der Waals surface area contributed by atoms with Crippen molar-refractivity contribution in [3.63, 3.8) is 0 Å². The van der Waals surface area contributed by atoms with Crippen LogP contribution in [0, 0.1) is 6.92 Å². The molecule has 0 spiro atoms. The van der Waals surface area contributed by atoms with Crippen LogP contribution in [0.4, 0.5) is 0 Å². The summed E-state index contributed by atoms with van der Waals surface area (Å²) >= 11 is 0. The van der Waals surface area contributed by atoms with Crippen molar-refractivity contribution < 1.29 is 14.3 Å². The number of benzene rings is 1. The standard InChI is InChI=1S/C19H25N3O3/c1-13-11-16(21-22(13)2)19(23)20-12-14-7-6-10-17(24-3)18(14)25-15-8-4-5-9-15/h6-7,10-11,15H,4-5,8-9,12H2,1-3H3,(H,20,23). The van der Waals surface area contributed by atoms with Gasteiger partial charge in [0.25, 0.3) is 5.91 Å². The number of ether oxygens (including phenoxy) is 2. The summed E-state index contributed by atoms with van der Waals surface area (Å²) in [6, 6.07) is 7.53. The van der Waals surface area contributed by atoms with Gasteiger partial charge in [0.1, 0.15) is 5.69 Å². The van der Waals surface area contributed by atoms with Crippen LogP contribution in [0.5, 0.6) is 11.5 Å². The highest BCUT2D eigenvalue weighted by Gasteiger charge is 2.21. The third-order valence-electron chi connectivity index (χ3n) is 4.65. The van der Waals surface area contributed by atoms with E-state index in [9.17, 15) is 4.79 Å². The third-order valence-corrected chi connectivity index (χ3v) is 4.65. The second kappa shape index (κ2) is 7.59. The molecule has 1 saturated carbocycles. The van der Waals surface area contributed by atoms with Gasteiger partial charge in [0.15, 0.2) is 11.5 Å². The lowest BCUT2D eigenvalue weighted by atomic mass is 10.1. The third kappa shape index (κ3) is 3.95. The number of aryl methyl sites for hydroxylation is 2. The first kappa shape index (κ1) is 17.3. The molecule has 1 heterocycles. The Bertz CT molecular complexity index is 729. The quantitative estimate of drug-likeness (QED) is 0.876. The Balaban J connectivity index is 1.73. The van der Waals surface area contributed by atoms with Crippen LogP contribution >= 0.6 is 0 Å². The predicted octanol–water partition coefficient (Wildman–Crippen LogP) is 2.99. The fourth-order valence-corrected chi connectivity index (χ4v) is 3.11. The van der Waals surface area contributed by atoms with Crippen LogP contribution in [0.2, 0.25) is 0 Å². The number of nitrogens with zero attached hydrogens (tertiary/aromatic N) is 2. The van der Waals surface area contributed by atoms with E-state index in [1.165, 1.54) is 12.8 Å². The molecule has 0 atom stereocenters. The number of carbonyl (C=O) groups is 1. The molecule has 1 aliphatic carbocycles. The van der Waals surface area contributed by atoms with Gasteiger partial charge in [-0.05, 0) is 44.7 Å². The van der Waals surface area contributed by atoms with Gasteiger partial charge in [-0.3, -0.25) is 9.48 Å². The van der Waals surface area contributed by atoms with E-state index in [0.29, 0.717) is 18.0 Å². The molecule has 0 radical (unpaired) electrons. The smallest absolute Gasteiger partial charge is 0.272 e. The molecule has 1 aliphatic rings. The van der Waals surface area contributed by atoms with Gasteiger partial charge in [-0.1, -0.05) is 12.1 Å². The number of rotatable bonds is 6. The number of carbonyl (C=O) groups excluding carboxylic acids is 1. The monoisotopic (exact) mass is 343 g/mol. The lowest BCUT2D eigenvalue weighted by Gasteiger charge is -2.19.